The standard InChI is InChI=1S/C9H11N3O4/c13-12(14)8-5-10-11(6-8)7-3-9(4-7)15-1-2-16-9/h5-7H,1-4H2. The zero-order valence-electron chi connectivity index (χ0n) is 8.54. The second-order valence-electron chi connectivity index (χ2n) is 4.11. The van der Waals surface area contributed by atoms with Crippen LogP contribution >= 0.6 is 0 Å². The normalized spacial score (nSPS) is 23.5. The largest absolute Gasteiger partial charge is 0.347 e. The predicted octanol–water partition coefficient (Wildman–Crippen LogP) is 0.869. The van der Waals surface area contributed by atoms with E-state index in [1.807, 2.05) is 0 Å². The maximum absolute atomic E-state index is 10.5. The van der Waals surface area contributed by atoms with E-state index in [4.69, 9.17) is 9.47 Å². The molecule has 1 saturated carbocycles. The van der Waals surface area contributed by atoms with Crippen LogP contribution in [0.5, 0.6) is 0 Å². The molecule has 2 heterocycles. The van der Waals surface area contributed by atoms with Crippen LogP contribution in [0.15, 0.2) is 12.4 Å². The van der Waals surface area contributed by atoms with Crippen LogP contribution in [0.2, 0.25) is 0 Å². The highest BCUT2D eigenvalue weighted by atomic mass is 16.7. The van der Waals surface area contributed by atoms with Gasteiger partial charge in [0.25, 0.3) is 0 Å². The van der Waals surface area contributed by atoms with Crippen LogP contribution in [0.1, 0.15) is 18.9 Å². The van der Waals surface area contributed by atoms with Crippen LogP contribution in [0.25, 0.3) is 0 Å². The van der Waals surface area contributed by atoms with Gasteiger partial charge in [-0.2, -0.15) is 5.10 Å². The molecular formula is C9H11N3O4. The molecule has 0 radical (unpaired) electrons. The summed E-state index contributed by atoms with van der Waals surface area (Å²) in [6.07, 6.45) is 4.14. The third-order valence-corrected chi connectivity index (χ3v) is 3.08. The van der Waals surface area contributed by atoms with Crippen molar-refractivity contribution >= 4 is 5.69 Å². The second-order valence-corrected chi connectivity index (χ2v) is 4.11. The Morgan fingerprint density at radius 1 is 1.50 bits per heavy atom. The fourth-order valence-electron chi connectivity index (χ4n) is 2.20. The van der Waals surface area contributed by atoms with Crippen LogP contribution < -0.4 is 0 Å². The molecule has 1 aromatic heterocycles. The molecule has 0 N–H and O–H groups in total. The van der Waals surface area contributed by atoms with Gasteiger partial charge in [-0.05, 0) is 0 Å². The van der Waals surface area contributed by atoms with Crippen molar-refractivity contribution < 1.29 is 14.4 Å². The molecule has 1 aliphatic heterocycles. The third kappa shape index (κ3) is 1.40. The van der Waals surface area contributed by atoms with Crippen LogP contribution in [0.3, 0.4) is 0 Å². The van der Waals surface area contributed by atoms with E-state index in [0.29, 0.717) is 26.1 Å². The lowest BCUT2D eigenvalue weighted by atomic mass is 9.85. The molecule has 1 aromatic rings. The van der Waals surface area contributed by atoms with Gasteiger partial charge in [-0.3, -0.25) is 14.8 Å². The summed E-state index contributed by atoms with van der Waals surface area (Å²) in [5.74, 6) is -0.439. The monoisotopic (exact) mass is 225 g/mol. The Morgan fingerprint density at radius 2 is 2.19 bits per heavy atom. The van der Waals surface area contributed by atoms with Crippen molar-refractivity contribution in [2.24, 2.45) is 0 Å². The Morgan fingerprint density at radius 3 is 2.75 bits per heavy atom. The van der Waals surface area contributed by atoms with E-state index in [1.54, 1.807) is 4.68 Å². The van der Waals surface area contributed by atoms with Crippen molar-refractivity contribution in [1.82, 2.24) is 9.78 Å². The van der Waals surface area contributed by atoms with Crippen LogP contribution in [-0.2, 0) is 9.47 Å². The maximum Gasteiger partial charge on any atom is 0.307 e. The van der Waals surface area contributed by atoms with Gasteiger partial charge in [-0.1, -0.05) is 0 Å². The first-order valence-corrected chi connectivity index (χ1v) is 5.15. The van der Waals surface area contributed by atoms with Crippen molar-refractivity contribution in [3.8, 4) is 0 Å². The Labute approximate surface area is 91.1 Å². The number of aromatic nitrogens is 2. The summed E-state index contributed by atoms with van der Waals surface area (Å²) >= 11 is 0. The molecule has 7 heteroatoms. The van der Waals surface area contributed by atoms with Gasteiger partial charge in [0, 0.05) is 12.8 Å². The highest BCUT2D eigenvalue weighted by Crippen LogP contribution is 2.46. The van der Waals surface area contributed by atoms with E-state index in [2.05, 4.69) is 5.10 Å². The first kappa shape index (κ1) is 9.73. The van der Waals surface area contributed by atoms with Crippen molar-refractivity contribution in [2.45, 2.75) is 24.7 Å². The van der Waals surface area contributed by atoms with Gasteiger partial charge >= 0.3 is 5.69 Å². The van der Waals surface area contributed by atoms with Crippen LogP contribution in [0, 0.1) is 10.1 Å². The van der Waals surface area contributed by atoms with Crippen LogP contribution in [-0.4, -0.2) is 33.7 Å². The molecule has 86 valence electrons. The van der Waals surface area contributed by atoms with Crippen molar-refractivity contribution in [2.75, 3.05) is 13.2 Å². The van der Waals surface area contributed by atoms with E-state index in [0.717, 1.165) is 0 Å². The molecule has 2 fully saturated rings. The first-order chi connectivity index (χ1) is 7.69. The summed E-state index contributed by atoms with van der Waals surface area (Å²) in [6, 6.07) is 0.145. The Kier molecular flexibility index (Phi) is 1.98. The molecule has 1 saturated heterocycles. The molecule has 0 atom stereocenters. The zero-order valence-corrected chi connectivity index (χ0v) is 8.54. The van der Waals surface area contributed by atoms with Gasteiger partial charge < -0.3 is 9.47 Å². The van der Waals surface area contributed by atoms with E-state index < -0.39 is 10.7 Å². The summed E-state index contributed by atoms with van der Waals surface area (Å²) in [7, 11) is 0. The predicted molar refractivity (Wildman–Crippen MR) is 51.8 cm³/mol. The lowest BCUT2D eigenvalue weighted by Crippen LogP contribution is -2.45. The van der Waals surface area contributed by atoms with Gasteiger partial charge in [0.15, 0.2) is 5.79 Å². The molecule has 3 rings (SSSR count). The molecule has 0 aromatic carbocycles. The van der Waals surface area contributed by atoms with Crippen molar-refractivity contribution in [1.29, 1.82) is 0 Å². The van der Waals surface area contributed by atoms with Gasteiger partial charge in [0.2, 0.25) is 0 Å². The van der Waals surface area contributed by atoms with Crippen molar-refractivity contribution in [3.63, 3.8) is 0 Å². The minimum absolute atomic E-state index is 0.0224. The van der Waals surface area contributed by atoms with Crippen molar-refractivity contribution in [3.05, 3.63) is 22.5 Å². The number of hydrogen-bond donors (Lipinski definition) is 0. The summed E-state index contributed by atoms with van der Waals surface area (Å²) in [5.41, 5.74) is 0.0224. The molecule has 0 bridgehead atoms. The summed E-state index contributed by atoms with van der Waals surface area (Å²) in [5, 5.41) is 14.5. The number of rotatable bonds is 2. The highest BCUT2D eigenvalue weighted by molar-refractivity contribution is 5.21. The Balaban J connectivity index is 1.69. The minimum Gasteiger partial charge on any atom is -0.347 e. The quantitative estimate of drug-likeness (QED) is 0.551. The molecular weight excluding hydrogens is 214 g/mol. The van der Waals surface area contributed by atoms with E-state index in [9.17, 15) is 10.1 Å². The summed E-state index contributed by atoms with van der Waals surface area (Å²) in [4.78, 5) is 10.1. The first-order valence-electron chi connectivity index (χ1n) is 5.15. The lowest BCUT2D eigenvalue weighted by molar-refractivity contribution is -0.385. The zero-order chi connectivity index (χ0) is 11.2. The maximum atomic E-state index is 10.5. The second kappa shape index (κ2) is 3.26. The highest BCUT2D eigenvalue weighted by Gasteiger charge is 2.50. The van der Waals surface area contributed by atoms with Crippen LogP contribution in [0.4, 0.5) is 5.69 Å². The molecule has 0 unspecified atom stereocenters. The number of nitro groups is 1. The lowest BCUT2D eigenvalue weighted by Gasteiger charge is -2.42. The van der Waals surface area contributed by atoms with Gasteiger partial charge in [-0.25, -0.2) is 0 Å². The summed E-state index contributed by atoms with van der Waals surface area (Å²) in [6.45, 7) is 1.26. The topological polar surface area (TPSA) is 79.4 Å². The molecule has 7 nitrogen and oxygen atoms in total. The fourth-order valence-corrected chi connectivity index (χ4v) is 2.20. The van der Waals surface area contributed by atoms with E-state index in [1.165, 1.54) is 12.4 Å². The average molecular weight is 225 g/mol. The molecule has 0 amide bonds. The average Bonchev–Trinajstić information content (AvgIpc) is 2.84. The SMILES string of the molecule is O=[N+]([O-])c1cnn(C2CC3(C2)OCCO3)c1. The number of nitrogens with zero attached hydrogens (tertiary/aromatic N) is 3. The van der Waals surface area contributed by atoms with E-state index in [-0.39, 0.29) is 11.7 Å². The summed E-state index contributed by atoms with van der Waals surface area (Å²) < 4.78 is 12.6. The van der Waals surface area contributed by atoms with Gasteiger partial charge in [0.1, 0.15) is 12.4 Å². The van der Waals surface area contributed by atoms with Gasteiger partial charge in [0.05, 0.1) is 24.2 Å². The van der Waals surface area contributed by atoms with E-state index >= 15 is 0 Å². The number of hydrogen-bond acceptors (Lipinski definition) is 5. The molecule has 1 aliphatic carbocycles. The third-order valence-electron chi connectivity index (χ3n) is 3.08. The fraction of sp³-hybridized carbons (Fsp3) is 0.667. The minimum atomic E-state index is -0.444. The van der Waals surface area contributed by atoms with Gasteiger partial charge in [-0.15, -0.1) is 0 Å². The number of ether oxygens (including phenoxy) is 2. The molecule has 2 aliphatic rings. The molecule has 1 spiro atoms. The molecule has 16 heavy (non-hydrogen) atoms. The Hall–Kier alpha value is -1.47. The Bertz CT molecular complexity index is 416. The smallest absolute Gasteiger partial charge is 0.307 e.